The summed E-state index contributed by atoms with van der Waals surface area (Å²) < 4.78 is 5.07. The molecule has 1 N–H and O–H groups in total. The number of hydrazone groups is 1. The molecule has 0 aliphatic rings. The van der Waals surface area contributed by atoms with Gasteiger partial charge in [-0.05, 0) is 36.4 Å². The molecule has 8 heteroatoms. The van der Waals surface area contributed by atoms with E-state index in [9.17, 15) is 14.9 Å². The molecule has 0 saturated heterocycles. The minimum Gasteiger partial charge on any atom is -0.497 e. The van der Waals surface area contributed by atoms with Crippen molar-refractivity contribution in [3.63, 3.8) is 0 Å². The number of carbonyl (C=O) groups excluding carboxylic acids is 1. The summed E-state index contributed by atoms with van der Waals surface area (Å²) in [4.78, 5) is 22.6. The molecule has 2 aromatic rings. The lowest BCUT2D eigenvalue weighted by Crippen LogP contribution is -2.08. The fourth-order valence-corrected chi connectivity index (χ4v) is 2.43. The van der Waals surface area contributed by atoms with Crippen LogP contribution in [0.1, 0.15) is 6.92 Å². The van der Waals surface area contributed by atoms with Gasteiger partial charge in [0.25, 0.3) is 5.69 Å². The van der Waals surface area contributed by atoms with Crippen molar-refractivity contribution in [2.45, 2.75) is 11.8 Å². The van der Waals surface area contributed by atoms with Crippen LogP contribution in [0.5, 0.6) is 5.75 Å². The van der Waals surface area contributed by atoms with Gasteiger partial charge in [-0.25, -0.2) is 0 Å². The molecule has 0 saturated carbocycles. The van der Waals surface area contributed by atoms with Gasteiger partial charge in [0, 0.05) is 24.0 Å². The third-order valence-corrected chi connectivity index (χ3v) is 4.02. The monoisotopic (exact) mass is 345 g/mol. The summed E-state index contributed by atoms with van der Waals surface area (Å²) in [5, 5.41) is 15.0. The average Bonchev–Trinajstić information content (AvgIpc) is 2.59. The van der Waals surface area contributed by atoms with E-state index in [-0.39, 0.29) is 16.5 Å². The lowest BCUT2D eigenvalue weighted by atomic mass is 10.3. The first-order valence-electron chi connectivity index (χ1n) is 6.90. The number of nitrogens with one attached hydrogen (secondary N) is 1. The van der Waals surface area contributed by atoms with Gasteiger partial charge in [-0.2, -0.15) is 5.10 Å². The number of ketones is 1. The summed E-state index contributed by atoms with van der Waals surface area (Å²) in [5.74, 6) is 0.510. The number of anilines is 1. The van der Waals surface area contributed by atoms with Gasteiger partial charge in [0.1, 0.15) is 5.75 Å². The smallest absolute Gasteiger partial charge is 0.269 e. The van der Waals surface area contributed by atoms with Gasteiger partial charge in [-0.3, -0.25) is 20.3 Å². The lowest BCUT2D eigenvalue weighted by molar-refractivity contribution is -0.384. The topological polar surface area (TPSA) is 93.8 Å². The van der Waals surface area contributed by atoms with Gasteiger partial charge < -0.3 is 4.74 Å². The molecule has 7 nitrogen and oxygen atoms in total. The fourth-order valence-electron chi connectivity index (χ4n) is 1.70. The molecule has 0 radical (unpaired) electrons. The van der Waals surface area contributed by atoms with Gasteiger partial charge in [0.2, 0.25) is 0 Å². The standard InChI is InChI=1S/C16H15N3O4S/c1-11(20)16(18-17-12-3-7-14(23-2)8-4-12)24-15-9-5-13(6-10-15)19(21)22/h3-10,17H,1-2H3/b18-16+. The normalized spacial score (nSPS) is 11.0. The molecule has 0 atom stereocenters. The van der Waals surface area contributed by atoms with Crippen LogP contribution < -0.4 is 10.2 Å². The van der Waals surface area contributed by atoms with E-state index in [2.05, 4.69) is 10.5 Å². The summed E-state index contributed by atoms with van der Waals surface area (Å²) in [6, 6.07) is 13.0. The van der Waals surface area contributed by atoms with E-state index < -0.39 is 4.92 Å². The second kappa shape index (κ2) is 8.11. The van der Waals surface area contributed by atoms with E-state index in [0.29, 0.717) is 10.6 Å². The van der Waals surface area contributed by atoms with E-state index in [1.165, 1.54) is 19.1 Å². The molecule has 0 bridgehead atoms. The molecule has 0 amide bonds. The quantitative estimate of drug-likeness (QED) is 0.282. The number of hydrogen-bond acceptors (Lipinski definition) is 7. The van der Waals surface area contributed by atoms with E-state index in [4.69, 9.17) is 4.74 Å². The van der Waals surface area contributed by atoms with Crippen LogP contribution in [-0.4, -0.2) is 22.9 Å². The van der Waals surface area contributed by atoms with Crippen LogP contribution in [0.2, 0.25) is 0 Å². The Hall–Kier alpha value is -2.87. The van der Waals surface area contributed by atoms with Crippen molar-refractivity contribution in [1.82, 2.24) is 0 Å². The van der Waals surface area contributed by atoms with Gasteiger partial charge in [-0.15, -0.1) is 0 Å². The SMILES string of the molecule is COc1ccc(N/N=C(/Sc2ccc([N+](=O)[O-])cc2)C(C)=O)cc1. The van der Waals surface area contributed by atoms with Gasteiger partial charge in [-0.1, -0.05) is 11.8 Å². The Bertz CT molecular complexity index is 758. The van der Waals surface area contributed by atoms with Crippen LogP contribution in [0.4, 0.5) is 11.4 Å². The molecule has 0 aromatic heterocycles. The lowest BCUT2D eigenvalue weighted by Gasteiger charge is -2.06. The van der Waals surface area contributed by atoms with Crippen LogP contribution >= 0.6 is 11.8 Å². The Balaban J connectivity index is 2.10. The number of benzene rings is 2. The van der Waals surface area contributed by atoms with Crippen LogP contribution in [0.25, 0.3) is 0 Å². The first-order valence-corrected chi connectivity index (χ1v) is 7.72. The van der Waals surface area contributed by atoms with Crippen molar-refractivity contribution in [2.24, 2.45) is 5.10 Å². The fraction of sp³-hybridized carbons (Fsp3) is 0.125. The molecule has 0 spiro atoms. The maximum atomic E-state index is 11.7. The molecule has 0 aliphatic carbocycles. The number of nitro groups is 1. The highest BCUT2D eigenvalue weighted by molar-refractivity contribution is 8.15. The molecule has 0 unspecified atom stereocenters. The zero-order chi connectivity index (χ0) is 17.5. The third-order valence-electron chi connectivity index (χ3n) is 2.94. The highest BCUT2D eigenvalue weighted by atomic mass is 32.2. The Morgan fingerprint density at radius 2 is 1.79 bits per heavy atom. The number of nitro benzene ring substituents is 1. The Morgan fingerprint density at radius 1 is 1.17 bits per heavy atom. The predicted octanol–water partition coefficient (Wildman–Crippen LogP) is 3.71. The molecule has 0 heterocycles. The highest BCUT2D eigenvalue weighted by Crippen LogP contribution is 2.23. The van der Waals surface area contributed by atoms with E-state index in [0.717, 1.165) is 17.5 Å². The van der Waals surface area contributed by atoms with Crippen molar-refractivity contribution in [2.75, 3.05) is 12.5 Å². The second-order valence-corrected chi connectivity index (χ2v) is 5.73. The summed E-state index contributed by atoms with van der Waals surface area (Å²) in [6.45, 7) is 1.41. The summed E-state index contributed by atoms with van der Waals surface area (Å²) in [6.07, 6.45) is 0. The minimum atomic E-state index is -0.473. The Morgan fingerprint density at radius 3 is 2.29 bits per heavy atom. The number of Topliss-reactive ketones (excluding diaryl/α,β-unsaturated/α-hetero) is 1. The molecule has 24 heavy (non-hydrogen) atoms. The van der Waals surface area contributed by atoms with Gasteiger partial charge in [0.05, 0.1) is 17.7 Å². The largest absolute Gasteiger partial charge is 0.497 e. The zero-order valence-corrected chi connectivity index (χ0v) is 13.9. The molecular weight excluding hydrogens is 330 g/mol. The predicted molar refractivity (Wildman–Crippen MR) is 93.7 cm³/mol. The minimum absolute atomic E-state index is 0.00276. The number of ether oxygens (including phenoxy) is 1. The maximum absolute atomic E-state index is 11.7. The van der Waals surface area contributed by atoms with E-state index in [1.807, 2.05) is 0 Å². The molecule has 0 fully saturated rings. The van der Waals surface area contributed by atoms with Crippen LogP contribution in [0.3, 0.4) is 0 Å². The van der Waals surface area contributed by atoms with E-state index in [1.54, 1.807) is 43.5 Å². The summed E-state index contributed by atoms with van der Waals surface area (Å²) in [7, 11) is 1.58. The Labute approximate surface area is 142 Å². The summed E-state index contributed by atoms with van der Waals surface area (Å²) >= 11 is 1.13. The van der Waals surface area contributed by atoms with Crippen molar-refractivity contribution >= 4 is 34.0 Å². The second-order valence-electron chi connectivity index (χ2n) is 4.67. The number of thioether (sulfide) groups is 1. The molecule has 2 rings (SSSR count). The number of carbonyl (C=O) groups is 1. The number of nitrogens with zero attached hydrogens (tertiary/aromatic N) is 2. The number of rotatable bonds is 6. The maximum Gasteiger partial charge on any atom is 0.269 e. The Kier molecular flexibility index (Phi) is 5.91. The van der Waals surface area contributed by atoms with Gasteiger partial charge >= 0.3 is 0 Å². The summed E-state index contributed by atoms with van der Waals surface area (Å²) in [5.41, 5.74) is 3.51. The highest BCUT2D eigenvalue weighted by Gasteiger charge is 2.11. The van der Waals surface area contributed by atoms with Crippen molar-refractivity contribution in [3.05, 3.63) is 58.6 Å². The van der Waals surface area contributed by atoms with Crippen molar-refractivity contribution < 1.29 is 14.5 Å². The first-order chi connectivity index (χ1) is 11.5. The zero-order valence-electron chi connectivity index (χ0n) is 13.1. The van der Waals surface area contributed by atoms with Crippen LogP contribution in [-0.2, 0) is 4.79 Å². The van der Waals surface area contributed by atoms with Crippen LogP contribution in [0.15, 0.2) is 58.5 Å². The molecule has 124 valence electrons. The molecular formula is C16H15N3O4S. The number of hydrogen-bond donors (Lipinski definition) is 1. The average molecular weight is 345 g/mol. The molecule has 2 aromatic carbocycles. The van der Waals surface area contributed by atoms with Crippen molar-refractivity contribution in [3.8, 4) is 5.75 Å². The van der Waals surface area contributed by atoms with Gasteiger partial charge in [0.15, 0.2) is 10.8 Å². The van der Waals surface area contributed by atoms with Crippen molar-refractivity contribution in [1.29, 1.82) is 0 Å². The first kappa shape index (κ1) is 17.5. The van der Waals surface area contributed by atoms with Crippen LogP contribution in [0, 0.1) is 10.1 Å². The number of non-ortho nitro benzene ring substituents is 1. The molecule has 0 aliphatic heterocycles. The van der Waals surface area contributed by atoms with E-state index >= 15 is 0 Å². The number of methoxy groups -OCH3 is 1. The third kappa shape index (κ3) is 4.82.